The van der Waals surface area contributed by atoms with Gasteiger partial charge in [-0.3, -0.25) is 4.90 Å². The van der Waals surface area contributed by atoms with Gasteiger partial charge in [0, 0.05) is 19.1 Å². The molecule has 2 fully saturated rings. The van der Waals surface area contributed by atoms with Gasteiger partial charge in [-0.25, -0.2) is 4.79 Å². The molecule has 5 heteroatoms. The summed E-state index contributed by atoms with van der Waals surface area (Å²) in [5.41, 5.74) is 0. The third-order valence-electron chi connectivity index (χ3n) is 3.57. The molecule has 0 bridgehead atoms. The van der Waals surface area contributed by atoms with E-state index in [-0.39, 0.29) is 18.7 Å². The van der Waals surface area contributed by atoms with Crippen molar-refractivity contribution in [1.29, 1.82) is 0 Å². The smallest absolute Gasteiger partial charge is 0.407 e. The van der Waals surface area contributed by atoms with E-state index in [9.17, 15) is 9.90 Å². The zero-order valence-corrected chi connectivity index (χ0v) is 8.80. The van der Waals surface area contributed by atoms with Crippen molar-refractivity contribution in [2.45, 2.75) is 31.3 Å². The number of aliphatic hydroxyl groups excluding tert-OH is 1. The molecule has 2 N–H and O–H groups in total. The van der Waals surface area contributed by atoms with E-state index in [1.807, 2.05) is 0 Å². The monoisotopic (exact) mass is 214 g/mol. The van der Waals surface area contributed by atoms with Gasteiger partial charge < -0.3 is 15.1 Å². The molecule has 5 nitrogen and oxygen atoms in total. The molecule has 0 spiro atoms. The van der Waals surface area contributed by atoms with Gasteiger partial charge in [0.2, 0.25) is 0 Å². The van der Waals surface area contributed by atoms with Gasteiger partial charge in [-0.1, -0.05) is 6.42 Å². The number of carbonyl (C=O) groups is 1. The third-order valence-corrected chi connectivity index (χ3v) is 3.57. The van der Waals surface area contributed by atoms with Crippen LogP contribution in [0.5, 0.6) is 0 Å². The molecule has 2 unspecified atom stereocenters. The van der Waals surface area contributed by atoms with Crippen molar-refractivity contribution in [3.05, 3.63) is 0 Å². The number of fused-ring (bicyclic) bond motifs is 1. The lowest BCUT2D eigenvalue weighted by Crippen LogP contribution is -2.63. The van der Waals surface area contributed by atoms with E-state index in [0.717, 1.165) is 25.9 Å². The molecule has 0 aromatic rings. The number of piperidine rings is 1. The minimum atomic E-state index is -0.903. The number of aliphatic hydroxyl groups is 1. The average molecular weight is 214 g/mol. The Morgan fingerprint density at radius 1 is 1.27 bits per heavy atom. The Bertz CT molecular complexity index is 247. The van der Waals surface area contributed by atoms with E-state index in [2.05, 4.69) is 4.90 Å². The van der Waals surface area contributed by atoms with Crippen LogP contribution < -0.4 is 0 Å². The number of amides is 1. The first kappa shape index (κ1) is 10.7. The zero-order valence-electron chi connectivity index (χ0n) is 8.80. The Balaban J connectivity index is 2.11. The molecule has 86 valence electrons. The summed E-state index contributed by atoms with van der Waals surface area (Å²) in [5.74, 6) is 0. The normalized spacial score (nSPS) is 32.5. The standard InChI is InChI=1S/C10H18N2O3/c13-7-9-8-3-1-2-4-11(8)5-6-12(9)10(14)15/h8-9,13H,1-7H2,(H,14,15). The molecule has 2 aliphatic rings. The molecule has 0 aromatic heterocycles. The molecule has 2 aliphatic heterocycles. The van der Waals surface area contributed by atoms with Crippen LogP contribution in [0.1, 0.15) is 19.3 Å². The number of carboxylic acid groups (broad SMARTS) is 1. The van der Waals surface area contributed by atoms with Crippen molar-refractivity contribution in [3.63, 3.8) is 0 Å². The Hall–Kier alpha value is -0.810. The summed E-state index contributed by atoms with van der Waals surface area (Å²) >= 11 is 0. The van der Waals surface area contributed by atoms with E-state index in [1.165, 1.54) is 11.3 Å². The van der Waals surface area contributed by atoms with E-state index < -0.39 is 6.09 Å². The summed E-state index contributed by atoms with van der Waals surface area (Å²) in [6.07, 6.45) is 2.45. The molecule has 2 rings (SSSR count). The van der Waals surface area contributed by atoms with E-state index in [4.69, 9.17) is 5.11 Å². The van der Waals surface area contributed by atoms with E-state index >= 15 is 0 Å². The predicted octanol–water partition coefficient (Wildman–Crippen LogP) is 0.195. The van der Waals surface area contributed by atoms with Crippen LogP contribution in [0, 0.1) is 0 Å². The fourth-order valence-corrected chi connectivity index (χ4v) is 2.80. The van der Waals surface area contributed by atoms with Crippen LogP contribution in [0.15, 0.2) is 0 Å². The van der Waals surface area contributed by atoms with Crippen molar-refractivity contribution in [2.75, 3.05) is 26.2 Å². The van der Waals surface area contributed by atoms with Gasteiger partial charge in [0.05, 0.1) is 12.6 Å². The maximum Gasteiger partial charge on any atom is 0.407 e. The summed E-state index contributed by atoms with van der Waals surface area (Å²) in [6, 6.07) is 0.00477. The van der Waals surface area contributed by atoms with Crippen molar-refractivity contribution in [3.8, 4) is 0 Å². The first-order valence-electron chi connectivity index (χ1n) is 5.58. The lowest BCUT2D eigenvalue weighted by Gasteiger charge is -2.48. The van der Waals surface area contributed by atoms with Gasteiger partial charge >= 0.3 is 6.09 Å². The van der Waals surface area contributed by atoms with Gasteiger partial charge in [-0.2, -0.15) is 0 Å². The molecule has 15 heavy (non-hydrogen) atoms. The molecule has 0 radical (unpaired) electrons. The highest BCUT2D eigenvalue weighted by molar-refractivity contribution is 5.65. The molecular weight excluding hydrogens is 196 g/mol. The third kappa shape index (κ3) is 1.94. The van der Waals surface area contributed by atoms with Crippen LogP contribution in [-0.2, 0) is 0 Å². The second-order valence-corrected chi connectivity index (χ2v) is 4.32. The maximum absolute atomic E-state index is 11.0. The van der Waals surface area contributed by atoms with E-state index in [0.29, 0.717) is 6.54 Å². The SMILES string of the molecule is O=C(O)N1CCN2CCCCC2C1CO. The van der Waals surface area contributed by atoms with Gasteiger partial charge in [0.1, 0.15) is 0 Å². The van der Waals surface area contributed by atoms with Crippen molar-refractivity contribution < 1.29 is 15.0 Å². The first-order valence-corrected chi connectivity index (χ1v) is 5.58. The Morgan fingerprint density at radius 3 is 2.73 bits per heavy atom. The van der Waals surface area contributed by atoms with Gasteiger partial charge in [0.25, 0.3) is 0 Å². The Kier molecular flexibility index (Phi) is 3.11. The molecule has 0 aliphatic carbocycles. The highest BCUT2D eigenvalue weighted by Gasteiger charge is 2.39. The quantitative estimate of drug-likeness (QED) is 0.654. The minimum absolute atomic E-state index is 0.0620. The fourth-order valence-electron chi connectivity index (χ4n) is 2.80. The van der Waals surface area contributed by atoms with Crippen molar-refractivity contribution in [2.24, 2.45) is 0 Å². The van der Waals surface area contributed by atoms with Gasteiger partial charge in [0.15, 0.2) is 0 Å². The zero-order chi connectivity index (χ0) is 10.8. The molecule has 2 atom stereocenters. The number of rotatable bonds is 1. The molecular formula is C10H18N2O3. The van der Waals surface area contributed by atoms with Crippen molar-refractivity contribution in [1.82, 2.24) is 9.80 Å². The Morgan fingerprint density at radius 2 is 2.07 bits per heavy atom. The summed E-state index contributed by atoms with van der Waals surface area (Å²) in [6.45, 7) is 2.33. The largest absolute Gasteiger partial charge is 0.465 e. The lowest BCUT2D eigenvalue weighted by atomic mass is 9.93. The maximum atomic E-state index is 11.0. The molecule has 2 heterocycles. The lowest BCUT2D eigenvalue weighted by molar-refractivity contribution is -0.0155. The molecule has 0 aromatic carbocycles. The summed E-state index contributed by atoms with van der Waals surface area (Å²) in [4.78, 5) is 14.7. The van der Waals surface area contributed by atoms with Gasteiger partial charge in [-0.15, -0.1) is 0 Å². The summed E-state index contributed by atoms with van der Waals surface area (Å²) in [5, 5.41) is 18.3. The summed E-state index contributed by atoms with van der Waals surface area (Å²) in [7, 11) is 0. The number of piperazine rings is 1. The molecule has 1 amide bonds. The highest BCUT2D eigenvalue weighted by atomic mass is 16.4. The molecule has 2 saturated heterocycles. The summed E-state index contributed by atoms with van der Waals surface area (Å²) < 4.78 is 0. The topological polar surface area (TPSA) is 64.0 Å². The van der Waals surface area contributed by atoms with Crippen LogP contribution >= 0.6 is 0 Å². The number of hydrogen-bond acceptors (Lipinski definition) is 3. The average Bonchev–Trinajstić information content (AvgIpc) is 2.27. The van der Waals surface area contributed by atoms with Crippen LogP contribution in [-0.4, -0.2) is 64.4 Å². The highest BCUT2D eigenvalue weighted by Crippen LogP contribution is 2.25. The number of hydrogen-bond donors (Lipinski definition) is 2. The molecule has 0 saturated carbocycles. The van der Waals surface area contributed by atoms with E-state index in [1.54, 1.807) is 0 Å². The van der Waals surface area contributed by atoms with Crippen LogP contribution in [0.4, 0.5) is 4.79 Å². The second-order valence-electron chi connectivity index (χ2n) is 4.32. The fraction of sp³-hybridized carbons (Fsp3) is 0.900. The second kappa shape index (κ2) is 4.37. The predicted molar refractivity (Wildman–Crippen MR) is 54.8 cm³/mol. The number of nitrogens with zero attached hydrogens (tertiary/aromatic N) is 2. The van der Waals surface area contributed by atoms with Crippen molar-refractivity contribution >= 4 is 6.09 Å². The van der Waals surface area contributed by atoms with Gasteiger partial charge in [-0.05, 0) is 19.4 Å². The van der Waals surface area contributed by atoms with Crippen LogP contribution in [0.25, 0.3) is 0 Å². The van der Waals surface area contributed by atoms with Crippen LogP contribution in [0.3, 0.4) is 0 Å². The van der Waals surface area contributed by atoms with Crippen LogP contribution in [0.2, 0.25) is 0 Å². The minimum Gasteiger partial charge on any atom is -0.465 e. The Labute approximate surface area is 89.3 Å². The first-order chi connectivity index (χ1) is 7.24.